The van der Waals surface area contributed by atoms with E-state index in [1.807, 2.05) is 19.1 Å². The quantitative estimate of drug-likeness (QED) is 0.769. The summed E-state index contributed by atoms with van der Waals surface area (Å²) >= 11 is 0. The number of para-hydroxylation sites is 1. The second-order valence-corrected chi connectivity index (χ2v) is 3.84. The number of amides is 1. The Balaban J connectivity index is 2.13. The monoisotopic (exact) mass is 244 g/mol. The summed E-state index contributed by atoms with van der Waals surface area (Å²) in [4.78, 5) is 20.4. The highest BCUT2D eigenvalue weighted by molar-refractivity contribution is 6.04. The van der Waals surface area contributed by atoms with Gasteiger partial charge >= 0.3 is 0 Å². The SMILES string of the molecule is CCNCCNC(=O)c1cccc2nccnc12. The number of nitrogens with one attached hydrogen (secondary N) is 2. The molecule has 1 aromatic heterocycles. The summed E-state index contributed by atoms with van der Waals surface area (Å²) < 4.78 is 0. The lowest BCUT2D eigenvalue weighted by Gasteiger charge is -2.07. The van der Waals surface area contributed by atoms with E-state index in [0.29, 0.717) is 17.6 Å². The van der Waals surface area contributed by atoms with Gasteiger partial charge in [0.2, 0.25) is 0 Å². The third kappa shape index (κ3) is 2.81. The van der Waals surface area contributed by atoms with Crippen molar-refractivity contribution >= 4 is 16.9 Å². The smallest absolute Gasteiger partial charge is 0.253 e. The van der Waals surface area contributed by atoms with E-state index in [-0.39, 0.29) is 5.91 Å². The third-order valence-electron chi connectivity index (χ3n) is 2.58. The number of likely N-dealkylation sites (N-methyl/N-ethyl adjacent to an activating group) is 1. The average molecular weight is 244 g/mol. The van der Waals surface area contributed by atoms with Gasteiger partial charge in [0.1, 0.15) is 5.52 Å². The van der Waals surface area contributed by atoms with Crippen LogP contribution in [0.4, 0.5) is 0 Å². The minimum Gasteiger partial charge on any atom is -0.351 e. The van der Waals surface area contributed by atoms with Crippen molar-refractivity contribution in [2.75, 3.05) is 19.6 Å². The highest BCUT2D eigenvalue weighted by atomic mass is 16.1. The number of fused-ring (bicyclic) bond motifs is 1. The molecule has 5 nitrogen and oxygen atoms in total. The van der Waals surface area contributed by atoms with Crippen LogP contribution in [-0.2, 0) is 0 Å². The van der Waals surface area contributed by atoms with Crippen molar-refractivity contribution in [2.45, 2.75) is 6.92 Å². The summed E-state index contributed by atoms with van der Waals surface area (Å²) in [5.41, 5.74) is 1.94. The molecule has 0 aliphatic rings. The number of carbonyl (C=O) groups is 1. The van der Waals surface area contributed by atoms with E-state index in [4.69, 9.17) is 0 Å². The number of benzene rings is 1. The summed E-state index contributed by atoms with van der Waals surface area (Å²) in [6, 6.07) is 5.42. The number of rotatable bonds is 5. The molecule has 94 valence electrons. The molecule has 0 fully saturated rings. The van der Waals surface area contributed by atoms with Crippen LogP contribution in [0.5, 0.6) is 0 Å². The van der Waals surface area contributed by atoms with Gasteiger partial charge in [-0.15, -0.1) is 0 Å². The van der Waals surface area contributed by atoms with Crippen molar-refractivity contribution in [3.63, 3.8) is 0 Å². The predicted molar refractivity (Wildman–Crippen MR) is 70.4 cm³/mol. The first-order valence-electron chi connectivity index (χ1n) is 6.01. The molecule has 0 bridgehead atoms. The van der Waals surface area contributed by atoms with Crippen LogP contribution in [0.3, 0.4) is 0 Å². The van der Waals surface area contributed by atoms with Gasteiger partial charge in [-0.25, -0.2) is 0 Å². The van der Waals surface area contributed by atoms with Gasteiger partial charge in [-0.3, -0.25) is 14.8 Å². The molecule has 2 aromatic rings. The van der Waals surface area contributed by atoms with Crippen LogP contribution in [0.2, 0.25) is 0 Å². The molecule has 0 aliphatic heterocycles. The molecule has 1 heterocycles. The van der Waals surface area contributed by atoms with Gasteiger partial charge in [0.15, 0.2) is 0 Å². The predicted octanol–water partition coefficient (Wildman–Crippen LogP) is 0.969. The molecule has 2 rings (SSSR count). The molecular weight excluding hydrogens is 228 g/mol. The zero-order chi connectivity index (χ0) is 12.8. The molecule has 2 N–H and O–H groups in total. The van der Waals surface area contributed by atoms with Crippen LogP contribution in [0.25, 0.3) is 11.0 Å². The summed E-state index contributed by atoms with van der Waals surface area (Å²) in [7, 11) is 0. The second kappa shape index (κ2) is 6.07. The highest BCUT2D eigenvalue weighted by Gasteiger charge is 2.10. The minimum absolute atomic E-state index is 0.112. The lowest BCUT2D eigenvalue weighted by atomic mass is 10.1. The van der Waals surface area contributed by atoms with Crippen LogP contribution < -0.4 is 10.6 Å². The van der Waals surface area contributed by atoms with Crippen molar-refractivity contribution in [3.05, 3.63) is 36.2 Å². The zero-order valence-electron chi connectivity index (χ0n) is 10.3. The van der Waals surface area contributed by atoms with Gasteiger partial charge in [-0.05, 0) is 18.7 Å². The van der Waals surface area contributed by atoms with Crippen LogP contribution in [0, 0.1) is 0 Å². The fraction of sp³-hybridized carbons (Fsp3) is 0.308. The van der Waals surface area contributed by atoms with Crippen molar-refractivity contribution in [3.8, 4) is 0 Å². The van der Waals surface area contributed by atoms with E-state index in [2.05, 4.69) is 20.6 Å². The van der Waals surface area contributed by atoms with E-state index < -0.39 is 0 Å². The molecule has 0 spiro atoms. The van der Waals surface area contributed by atoms with Gasteiger partial charge in [0.05, 0.1) is 11.1 Å². The summed E-state index contributed by atoms with van der Waals surface area (Å²) in [6.07, 6.45) is 3.22. The minimum atomic E-state index is -0.112. The largest absolute Gasteiger partial charge is 0.351 e. The summed E-state index contributed by atoms with van der Waals surface area (Å²) in [5.74, 6) is -0.112. The zero-order valence-corrected chi connectivity index (χ0v) is 10.3. The number of hydrogen-bond acceptors (Lipinski definition) is 4. The van der Waals surface area contributed by atoms with E-state index in [0.717, 1.165) is 18.6 Å². The van der Waals surface area contributed by atoms with Crippen LogP contribution in [-0.4, -0.2) is 35.5 Å². The van der Waals surface area contributed by atoms with Gasteiger partial charge in [0, 0.05) is 25.5 Å². The normalized spacial score (nSPS) is 10.5. The maximum absolute atomic E-state index is 12.0. The van der Waals surface area contributed by atoms with Gasteiger partial charge < -0.3 is 10.6 Å². The molecular formula is C13H16N4O. The Morgan fingerprint density at radius 1 is 1.22 bits per heavy atom. The van der Waals surface area contributed by atoms with E-state index in [1.165, 1.54) is 0 Å². The molecule has 0 aliphatic carbocycles. The summed E-state index contributed by atoms with van der Waals surface area (Å²) in [5, 5.41) is 6.01. The van der Waals surface area contributed by atoms with Gasteiger partial charge in [-0.1, -0.05) is 13.0 Å². The Morgan fingerprint density at radius 2 is 2.06 bits per heavy atom. The average Bonchev–Trinajstić information content (AvgIpc) is 2.43. The number of nitrogens with zero attached hydrogens (tertiary/aromatic N) is 2. The topological polar surface area (TPSA) is 66.9 Å². The van der Waals surface area contributed by atoms with Crippen molar-refractivity contribution in [1.29, 1.82) is 0 Å². The highest BCUT2D eigenvalue weighted by Crippen LogP contribution is 2.13. The second-order valence-electron chi connectivity index (χ2n) is 3.84. The number of hydrogen-bond donors (Lipinski definition) is 2. The maximum atomic E-state index is 12.0. The fourth-order valence-electron chi connectivity index (χ4n) is 1.71. The number of aromatic nitrogens is 2. The molecule has 0 unspecified atom stereocenters. The van der Waals surface area contributed by atoms with Gasteiger partial charge in [0.25, 0.3) is 5.91 Å². The molecule has 1 amide bonds. The Labute approximate surface area is 106 Å². The molecule has 0 radical (unpaired) electrons. The molecule has 0 saturated heterocycles. The fourth-order valence-corrected chi connectivity index (χ4v) is 1.71. The van der Waals surface area contributed by atoms with Crippen molar-refractivity contribution < 1.29 is 4.79 Å². The lowest BCUT2D eigenvalue weighted by molar-refractivity contribution is 0.0955. The standard InChI is InChI=1S/C13H16N4O/c1-2-14-6-7-17-13(18)10-4-3-5-11-12(10)16-9-8-15-11/h3-5,8-9,14H,2,6-7H2,1H3,(H,17,18). The molecule has 5 heteroatoms. The van der Waals surface area contributed by atoms with Crippen molar-refractivity contribution in [1.82, 2.24) is 20.6 Å². The molecule has 1 aromatic carbocycles. The number of carbonyl (C=O) groups excluding carboxylic acids is 1. The Hall–Kier alpha value is -2.01. The van der Waals surface area contributed by atoms with Crippen molar-refractivity contribution in [2.24, 2.45) is 0 Å². The van der Waals surface area contributed by atoms with E-state index >= 15 is 0 Å². The lowest BCUT2D eigenvalue weighted by Crippen LogP contribution is -2.31. The Kier molecular flexibility index (Phi) is 4.20. The molecule has 0 saturated carbocycles. The maximum Gasteiger partial charge on any atom is 0.253 e. The first-order chi connectivity index (χ1) is 8.83. The molecule has 0 atom stereocenters. The summed E-state index contributed by atoms with van der Waals surface area (Å²) in [6.45, 7) is 4.29. The third-order valence-corrected chi connectivity index (χ3v) is 2.58. The Morgan fingerprint density at radius 3 is 2.89 bits per heavy atom. The van der Waals surface area contributed by atoms with Crippen LogP contribution >= 0.6 is 0 Å². The van der Waals surface area contributed by atoms with Crippen LogP contribution in [0.1, 0.15) is 17.3 Å². The van der Waals surface area contributed by atoms with E-state index in [1.54, 1.807) is 18.5 Å². The first kappa shape index (κ1) is 12.4. The Bertz CT molecular complexity index is 536. The first-order valence-corrected chi connectivity index (χ1v) is 6.01. The van der Waals surface area contributed by atoms with Crippen LogP contribution in [0.15, 0.2) is 30.6 Å². The van der Waals surface area contributed by atoms with Gasteiger partial charge in [-0.2, -0.15) is 0 Å². The molecule has 18 heavy (non-hydrogen) atoms. The van der Waals surface area contributed by atoms with E-state index in [9.17, 15) is 4.79 Å².